The Bertz CT molecular complexity index is 714. The predicted molar refractivity (Wildman–Crippen MR) is 84.4 cm³/mol. The average molecular weight is 315 g/mol. The molecule has 6 nitrogen and oxygen atoms in total. The van der Waals surface area contributed by atoms with Crippen molar-refractivity contribution in [3.8, 4) is 6.07 Å². The van der Waals surface area contributed by atoms with E-state index in [-0.39, 0.29) is 11.9 Å². The Labute approximate surface area is 133 Å². The Kier molecular flexibility index (Phi) is 4.22. The van der Waals surface area contributed by atoms with Crippen LogP contribution in [0, 0.1) is 11.3 Å². The number of likely N-dealkylation sites (tertiary alicyclic amines) is 1. The van der Waals surface area contributed by atoms with Crippen LogP contribution in [0.3, 0.4) is 0 Å². The van der Waals surface area contributed by atoms with Crippen LogP contribution in [0.25, 0.3) is 0 Å². The van der Waals surface area contributed by atoms with Crippen molar-refractivity contribution < 1.29 is 4.79 Å². The van der Waals surface area contributed by atoms with Gasteiger partial charge in [-0.2, -0.15) is 10.4 Å². The number of nitriles is 1. The van der Waals surface area contributed by atoms with Gasteiger partial charge in [-0.1, -0.05) is 0 Å². The van der Waals surface area contributed by atoms with Gasteiger partial charge in [0.1, 0.15) is 11.1 Å². The third kappa shape index (κ3) is 3.03. The van der Waals surface area contributed by atoms with Crippen LogP contribution < -0.4 is 5.32 Å². The maximum Gasteiger partial charge on any atom is 0.239 e. The Morgan fingerprint density at radius 1 is 1.64 bits per heavy atom. The molecule has 1 N–H and O–H groups in total. The van der Waals surface area contributed by atoms with E-state index in [1.54, 1.807) is 10.7 Å². The van der Waals surface area contributed by atoms with Crippen LogP contribution in [0.4, 0.5) is 5.00 Å². The summed E-state index contributed by atoms with van der Waals surface area (Å²) >= 11 is 1.37. The number of hydrogen-bond donors (Lipinski definition) is 1. The molecule has 22 heavy (non-hydrogen) atoms. The first kappa shape index (κ1) is 14.8. The molecule has 1 aliphatic heterocycles. The van der Waals surface area contributed by atoms with Crippen molar-refractivity contribution >= 4 is 22.2 Å². The minimum Gasteiger partial charge on any atom is -0.315 e. The van der Waals surface area contributed by atoms with Crippen molar-refractivity contribution in [2.24, 2.45) is 7.05 Å². The van der Waals surface area contributed by atoms with Crippen molar-refractivity contribution in [1.29, 1.82) is 5.26 Å². The topological polar surface area (TPSA) is 74.0 Å². The normalized spacial score (nSPS) is 18.3. The van der Waals surface area contributed by atoms with Gasteiger partial charge in [0.05, 0.1) is 18.3 Å². The maximum atomic E-state index is 12.2. The minimum atomic E-state index is -0.0743. The summed E-state index contributed by atoms with van der Waals surface area (Å²) in [4.78, 5) is 14.4. The van der Waals surface area contributed by atoms with E-state index < -0.39 is 0 Å². The zero-order valence-corrected chi connectivity index (χ0v) is 13.1. The molecule has 3 heterocycles. The third-order valence-electron chi connectivity index (χ3n) is 3.86. The molecular weight excluding hydrogens is 298 g/mol. The van der Waals surface area contributed by atoms with Gasteiger partial charge >= 0.3 is 0 Å². The Morgan fingerprint density at radius 3 is 3.23 bits per heavy atom. The lowest BCUT2D eigenvalue weighted by Crippen LogP contribution is -2.32. The molecule has 2 aromatic rings. The molecule has 3 rings (SSSR count). The van der Waals surface area contributed by atoms with E-state index in [2.05, 4.69) is 21.4 Å². The summed E-state index contributed by atoms with van der Waals surface area (Å²) in [5.41, 5.74) is 1.67. The highest BCUT2D eigenvalue weighted by Crippen LogP contribution is 2.31. The van der Waals surface area contributed by atoms with Gasteiger partial charge in [-0.15, -0.1) is 11.3 Å². The smallest absolute Gasteiger partial charge is 0.239 e. The van der Waals surface area contributed by atoms with E-state index in [9.17, 15) is 4.79 Å². The summed E-state index contributed by atoms with van der Waals surface area (Å²) < 4.78 is 1.79. The number of nitrogens with one attached hydrogen (secondary N) is 1. The number of amides is 1. The highest BCUT2D eigenvalue weighted by Gasteiger charge is 2.28. The fourth-order valence-electron chi connectivity index (χ4n) is 2.85. The summed E-state index contributed by atoms with van der Waals surface area (Å²) in [6.07, 6.45) is 6.00. The number of thiophene rings is 1. The summed E-state index contributed by atoms with van der Waals surface area (Å²) in [6, 6.07) is 4.05. The molecular formula is C15H17N5OS. The first-order valence-electron chi connectivity index (χ1n) is 7.17. The summed E-state index contributed by atoms with van der Waals surface area (Å²) in [6.45, 7) is 1.24. The van der Waals surface area contributed by atoms with E-state index in [1.165, 1.54) is 11.3 Å². The first-order valence-corrected chi connectivity index (χ1v) is 8.05. The highest BCUT2D eigenvalue weighted by atomic mass is 32.1. The van der Waals surface area contributed by atoms with Crippen LogP contribution in [-0.2, 0) is 11.8 Å². The SMILES string of the molecule is Cn1cc([C@@H]2CCCN2CC(=O)Nc2sccc2C#N)cn1. The third-order valence-corrected chi connectivity index (χ3v) is 4.69. The molecule has 0 unspecified atom stereocenters. The molecule has 0 radical (unpaired) electrons. The molecule has 0 bridgehead atoms. The molecule has 7 heteroatoms. The van der Waals surface area contributed by atoms with Gasteiger partial charge in [0.15, 0.2) is 0 Å². The number of anilines is 1. The maximum absolute atomic E-state index is 12.2. The monoisotopic (exact) mass is 315 g/mol. The zero-order valence-electron chi connectivity index (χ0n) is 12.3. The van der Waals surface area contributed by atoms with Crippen molar-refractivity contribution in [3.05, 3.63) is 35.0 Å². The van der Waals surface area contributed by atoms with Crippen molar-refractivity contribution in [2.75, 3.05) is 18.4 Å². The van der Waals surface area contributed by atoms with Crippen molar-refractivity contribution in [2.45, 2.75) is 18.9 Å². The number of aryl methyl sites for hydroxylation is 1. The molecule has 1 atom stereocenters. The number of carbonyl (C=O) groups is 1. The largest absolute Gasteiger partial charge is 0.315 e. The molecule has 1 aliphatic rings. The van der Waals surface area contributed by atoms with Crippen LogP contribution in [0.1, 0.15) is 30.0 Å². The summed E-state index contributed by atoms with van der Waals surface area (Å²) in [5, 5.41) is 18.5. The van der Waals surface area contributed by atoms with Crippen LogP contribution in [0.15, 0.2) is 23.8 Å². The second-order valence-electron chi connectivity index (χ2n) is 5.40. The van der Waals surface area contributed by atoms with E-state index in [1.807, 2.05) is 24.8 Å². The van der Waals surface area contributed by atoms with Crippen LogP contribution in [0.5, 0.6) is 0 Å². The average Bonchev–Trinajstić information content (AvgIpc) is 3.19. The first-order chi connectivity index (χ1) is 10.7. The van der Waals surface area contributed by atoms with Gasteiger partial charge < -0.3 is 5.32 Å². The van der Waals surface area contributed by atoms with Crippen LogP contribution in [-0.4, -0.2) is 33.7 Å². The van der Waals surface area contributed by atoms with Gasteiger partial charge in [-0.05, 0) is 30.8 Å². The molecule has 114 valence electrons. The molecule has 0 aliphatic carbocycles. The highest BCUT2D eigenvalue weighted by molar-refractivity contribution is 7.14. The zero-order chi connectivity index (χ0) is 15.5. The Morgan fingerprint density at radius 2 is 2.50 bits per heavy atom. The lowest BCUT2D eigenvalue weighted by Gasteiger charge is -2.22. The fraction of sp³-hybridized carbons (Fsp3) is 0.400. The molecule has 0 saturated carbocycles. The van der Waals surface area contributed by atoms with E-state index >= 15 is 0 Å². The predicted octanol–water partition coefficient (Wildman–Crippen LogP) is 2.13. The molecule has 0 spiro atoms. The van der Waals surface area contributed by atoms with E-state index in [0.29, 0.717) is 17.1 Å². The lowest BCUT2D eigenvalue weighted by molar-refractivity contribution is -0.117. The molecule has 1 fully saturated rings. The van der Waals surface area contributed by atoms with Crippen molar-refractivity contribution in [3.63, 3.8) is 0 Å². The molecule has 2 aromatic heterocycles. The van der Waals surface area contributed by atoms with E-state index in [4.69, 9.17) is 5.26 Å². The van der Waals surface area contributed by atoms with Crippen LogP contribution in [0.2, 0.25) is 0 Å². The van der Waals surface area contributed by atoms with E-state index in [0.717, 1.165) is 24.9 Å². The van der Waals surface area contributed by atoms with Gasteiger partial charge in [-0.25, -0.2) is 0 Å². The Balaban J connectivity index is 1.64. The second kappa shape index (κ2) is 6.30. The fourth-order valence-corrected chi connectivity index (χ4v) is 3.60. The van der Waals surface area contributed by atoms with Gasteiger partial charge in [0.25, 0.3) is 0 Å². The molecule has 1 amide bonds. The molecule has 0 aromatic carbocycles. The number of rotatable bonds is 4. The van der Waals surface area contributed by atoms with Crippen LogP contribution >= 0.6 is 11.3 Å². The van der Waals surface area contributed by atoms with Gasteiger partial charge in [0, 0.05) is 24.8 Å². The van der Waals surface area contributed by atoms with Gasteiger partial charge in [0.2, 0.25) is 5.91 Å². The minimum absolute atomic E-state index is 0.0743. The standard InChI is InChI=1S/C15H17N5OS/c1-19-9-12(8-17-19)13-3-2-5-20(13)10-14(21)18-15-11(7-16)4-6-22-15/h4,6,8-9,13H,2-3,5,10H2,1H3,(H,18,21)/t13-/m0/s1. The number of hydrogen-bond acceptors (Lipinski definition) is 5. The summed E-state index contributed by atoms with van der Waals surface area (Å²) in [7, 11) is 1.90. The van der Waals surface area contributed by atoms with Gasteiger partial charge in [-0.3, -0.25) is 14.4 Å². The number of aromatic nitrogens is 2. The molecule has 1 saturated heterocycles. The van der Waals surface area contributed by atoms with Crippen molar-refractivity contribution in [1.82, 2.24) is 14.7 Å². The second-order valence-corrected chi connectivity index (χ2v) is 6.32. The Hall–Kier alpha value is -2.17. The summed E-state index contributed by atoms with van der Waals surface area (Å²) in [5.74, 6) is -0.0743. The number of carbonyl (C=O) groups excluding carboxylic acids is 1. The lowest BCUT2D eigenvalue weighted by atomic mass is 10.1. The number of nitrogens with zero attached hydrogens (tertiary/aromatic N) is 4. The quantitative estimate of drug-likeness (QED) is 0.938.